The zero-order valence-electron chi connectivity index (χ0n) is 18.6. The van der Waals surface area contributed by atoms with Gasteiger partial charge in [0.2, 0.25) is 5.91 Å². The van der Waals surface area contributed by atoms with E-state index < -0.39 is 22.1 Å². The third-order valence-electron chi connectivity index (χ3n) is 5.58. The van der Waals surface area contributed by atoms with Crippen molar-refractivity contribution in [3.05, 3.63) is 115 Å². The second-order valence-corrected chi connectivity index (χ2v) is 8.01. The van der Waals surface area contributed by atoms with Crippen molar-refractivity contribution < 1.29 is 9.72 Å². The molecule has 0 aliphatic rings. The minimum absolute atomic E-state index is 0.0550. The number of nitrogens with one attached hydrogen (secondary N) is 1. The fourth-order valence-corrected chi connectivity index (χ4v) is 3.87. The Kier molecular flexibility index (Phi) is 6.09. The smallest absolute Gasteiger partial charge is 0.336 e. The number of nitro benzene ring substituents is 1. The monoisotopic (exact) mass is 458 g/mol. The van der Waals surface area contributed by atoms with Gasteiger partial charge in [-0.05, 0) is 37.6 Å². The van der Waals surface area contributed by atoms with Gasteiger partial charge in [-0.3, -0.25) is 24.3 Å². The number of hydrogen-bond donors (Lipinski definition) is 1. The molecule has 0 aliphatic carbocycles. The normalized spacial score (nSPS) is 11.8. The minimum Gasteiger partial charge on any atom is -0.348 e. The van der Waals surface area contributed by atoms with Crippen LogP contribution in [0.1, 0.15) is 24.1 Å². The molecule has 0 aliphatic heterocycles. The van der Waals surface area contributed by atoms with Crippen molar-refractivity contribution in [2.75, 3.05) is 0 Å². The van der Waals surface area contributed by atoms with Crippen LogP contribution in [0.3, 0.4) is 0 Å². The summed E-state index contributed by atoms with van der Waals surface area (Å²) in [6.07, 6.45) is 0. The number of rotatable bonds is 6. The molecule has 0 saturated heterocycles. The summed E-state index contributed by atoms with van der Waals surface area (Å²) in [5.74, 6) is -0.412. The zero-order chi connectivity index (χ0) is 24.4. The summed E-state index contributed by atoms with van der Waals surface area (Å²) in [5, 5.41) is 14.3. The van der Waals surface area contributed by atoms with Crippen LogP contribution < -0.4 is 16.6 Å². The van der Waals surface area contributed by atoms with Crippen molar-refractivity contribution >= 4 is 22.5 Å². The van der Waals surface area contributed by atoms with Crippen LogP contribution in [-0.2, 0) is 11.3 Å². The Morgan fingerprint density at radius 1 is 1.03 bits per heavy atom. The first-order valence-electron chi connectivity index (χ1n) is 10.6. The van der Waals surface area contributed by atoms with E-state index in [1.807, 2.05) is 37.3 Å². The van der Waals surface area contributed by atoms with E-state index in [2.05, 4.69) is 5.32 Å². The molecule has 1 atom stereocenters. The quantitative estimate of drug-likeness (QED) is 0.352. The van der Waals surface area contributed by atoms with Crippen LogP contribution in [0, 0.1) is 17.0 Å². The van der Waals surface area contributed by atoms with Crippen LogP contribution in [0.4, 0.5) is 5.69 Å². The lowest BCUT2D eigenvalue weighted by molar-refractivity contribution is -0.384. The SMILES string of the molecule is Cc1ccc2c(c1)c(=O)n(-c1cccc([N+](=O)[O-])c1)c(=O)n2CC(=O)NC(C)c1ccccc1. The van der Waals surface area contributed by atoms with Crippen molar-refractivity contribution in [1.82, 2.24) is 14.5 Å². The molecule has 0 fully saturated rings. The van der Waals surface area contributed by atoms with Crippen LogP contribution in [0.15, 0.2) is 82.4 Å². The van der Waals surface area contributed by atoms with Gasteiger partial charge in [0.25, 0.3) is 11.2 Å². The Labute approximate surface area is 194 Å². The molecule has 1 amide bonds. The fourth-order valence-electron chi connectivity index (χ4n) is 3.87. The Morgan fingerprint density at radius 3 is 2.47 bits per heavy atom. The summed E-state index contributed by atoms with van der Waals surface area (Å²) in [4.78, 5) is 50.2. The first-order chi connectivity index (χ1) is 16.3. The van der Waals surface area contributed by atoms with Crippen LogP contribution in [-0.4, -0.2) is 20.0 Å². The summed E-state index contributed by atoms with van der Waals surface area (Å²) in [6, 6.07) is 19.4. The van der Waals surface area contributed by atoms with Crippen molar-refractivity contribution in [3.8, 4) is 5.69 Å². The number of carbonyl (C=O) groups excluding carboxylic acids is 1. The Morgan fingerprint density at radius 2 is 1.76 bits per heavy atom. The number of hydrogen-bond acceptors (Lipinski definition) is 5. The third kappa shape index (κ3) is 4.36. The van der Waals surface area contributed by atoms with Gasteiger partial charge in [0.15, 0.2) is 0 Å². The van der Waals surface area contributed by atoms with Gasteiger partial charge in [0.05, 0.1) is 27.6 Å². The molecule has 1 aromatic heterocycles. The van der Waals surface area contributed by atoms with Crippen molar-refractivity contribution in [2.45, 2.75) is 26.4 Å². The molecule has 0 bridgehead atoms. The van der Waals surface area contributed by atoms with Crippen LogP contribution in [0.5, 0.6) is 0 Å². The van der Waals surface area contributed by atoms with E-state index in [1.165, 1.54) is 22.8 Å². The highest BCUT2D eigenvalue weighted by Gasteiger charge is 2.19. The average Bonchev–Trinajstić information content (AvgIpc) is 2.82. The van der Waals surface area contributed by atoms with E-state index in [0.717, 1.165) is 21.8 Å². The maximum atomic E-state index is 13.4. The van der Waals surface area contributed by atoms with Crippen molar-refractivity contribution in [1.29, 1.82) is 0 Å². The van der Waals surface area contributed by atoms with Gasteiger partial charge in [-0.2, -0.15) is 0 Å². The summed E-state index contributed by atoms with van der Waals surface area (Å²) in [5.41, 5.74) is 0.439. The van der Waals surface area contributed by atoms with Gasteiger partial charge in [0.1, 0.15) is 6.54 Å². The number of aryl methyl sites for hydroxylation is 1. The Bertz CT molecular complexity index is 1520. The van der Waals surface area contributed by atoms with Gasteiger partial charge in [-0.1, -0.05) is 48.0 Å². The first kappa shape index (κ1) is 22.7. The molecule has 4 rings (SSSR count). The third-order valence-corrected chi connectivity index (χ3v) is 5.58. The zero-order valence-corrected chi connectivity index (χ0v) is 18.6. The van der Waals surface area contributed by atoms with Gasteiger partial charge < -0.3 is 5.32 Å². The maximum absolute atomic E-state index is 13.4. The molecule has 4 aromatic rings. The van der Waals surface area contributed by atoms with E-state index in [9.17, 15) is 24.5 Å². The van der Waals surface area contributed by atoms with Gasteiger partial charge in [-0.25, -0.2) is 9.36 Å². The van der Waals surface area contributed by atoms with Crippen molar-refractivity contribution in [2.24, 2.45) is 0 Å². The molecule has 0 saturated carbocycles. The second kappa shape index (κ2) is 9.14. The maximum Gasteiger partial charge on any atom is 0.336 e. The average molecular weight is 458 g/mol. The standard InChI is InChI=1S/C25H22N4O5/c1-16-11-12-22-21(13-16)24(31)28(19-9-6-10-20(14-19)29(33)34)25(32)27(22)15-23(30)26-17(2)18-7-4-3-5-8-18/h3-14,17H,15H2,1-2H3,(H,26,30). The lowest BCUT2D eigenvalue weighted by atomic mass is 10.1. The topological polar surface area (TPSA) is 116 Å². The number of benzene rings is 3. The van der Waals surface area contributed by atoms with E-state index in [4.69, 9.17) is 0 Å². The van der Waals surface area contributed by atoms with Crippen molar-refractivity contribution in [3.63, 3.8) is 0 Å². The van der Waals surface area contributed by atoms with Crippen LogP contribution in [0.25, 0.3) is 16.6 Å². The molecule has 9 nitrogen and oxygen atoms in total. The first-order valence-corrected chi connectivity index (χ1v) is 10.6. The van der Waals surface area contributed by atoms with Gasteiger partial charge >= 0.3 is 5.69 Å². The number of carbonyl (C=O) groups is 1. The number of fused-ring (bicyclic) bond motifs is 1. The highest BCUT2D eigenvalue weighted by Crippen LogP contribution is 2.17. The van der Waals surface area contributed by atoms with Crippen LogP contribution >= 0.6 is 0 Å². The fraction of sp³-hybridized carbons (Fsp3) is 0.160. The van der Waals surface area contributed by atoms with Gasteiger partial charge in [-0.15, -0.1) is 0 Å². The van der Waals surface area contributed by atoms with Gasteiger partial charge in [0, 0.05) is 12.1 Å². The molecule has 1 unspecified atom stereocenters. The van der Waals surface area contributed by atoms with E-state index in [-0.39, 0.29) is 29.3 Å². The number of non-ortho nitro benzene ring substituents is 1. The molecule has 0 spiro atoms. The predicted octanol–water partition coefficient (Wildman–Crippen LogP) is 3.25. The second-order valence-electron chi connectivity index (χ2n) is 8.01. The molecule has 1 heterocycles. The van der Waals surface area contributed by atoms with E-state index in [1.54, 1.807) is 25.1 Å². The Hall–Kier alpha value is -4.53. The number of nitro groups is 1. The lowest BCUT2D eigenvalue weighted by Gasteiger charge is -2.17. The summed E-state index contributed by atoms with van der Waals surface area (Å²) in [7, 11) is 0. The number of amides is 1. The summed E-state index contributed by atoms with van der Waals surface area (Å²) >= 11 is 0. The molecule has 3 aromatic carbocycles. The number of nitrogens with zero attached hydrogens (tertiary/aromatic N) is 3. The molecule has 0 radical (unpaired) electrons. The van der Waals surface area contributed by atoms with E-state index >= 15 is 0 Å². The van der Waals surface area contributed by atoms with E-state index in [0.29, 0.717) is 5.52 Å². The summed E-state index contributed by atoms with van der Waals surface area (Å²) < 4.78 is 2.07. The number of aromatic nitrogens is 2. The molecular weight excluding hydrogens is 436 g/mol. The Balaban J connectivity index is 1.82. The molecule has 34 heavy (non-hydrogen) atoms. The molecule has 1 N–H and O–H groups in total. The lowest BCUT2D eigenvalue weighted by Crippen LogP contribution is -2.42. The minimum atomic E-state index is -0.760. The summed E-state index contributed by atoms with van der Waals surface area (Å²) in [6.45, 7) is 3.31. The van der Waals surface area contributed by atoms with Crippen LogP contribution in [0.2, 0.25) is 0 Å². The molecule has 9 heteroatoms. The molecular formula is C25H22N4O5. The predicted molar refractivity (Wildman–Crippen MR) is 128 cm³/mol. The largest absolute Gasteiger partial charge is 0.348 e. The molecule has 172 valence electrons. The highest BCUT2D eigenvalue weighted by molar-refractivity contribution is 5.82. The highest BCUT2D eigenvalue weighted by atomic mass is 16.6.